The highest BCUT2D eigenvalue weighted by Crippen LogP contribution is 2.16. The van der Waals surface area contributed by atoms with Gasteiger partial charge in [0, 0.05) is 12.5 Å². The van der Waals surface area contributed by atoms with E-state index in [1.807, 2.05) is 6.08 Å². The van der Waals surface area contributed by atoms with Crippen molar-refractivity contribution in [3.05, 3.63) is 12.2 Å². The van der Waals surface area contributed by atoms with Gasteiger partial charge in [0.05, 0.1) is 0 Å². The molecule has 2 heteroatoms. The van der Waals surface area contributed by atoms with Crippen LogP contribution in [0.3, 0.4) is 0 Å². The molecule has 1 rings (SSSR count). The van der Waals surface area contributed by atoms with Gasteiger partial charge in [0.25, 0.3) is 0 Å². The lowest BCUT2D eigenvalue weighted by Crippen LogP contribution is -2.19. The molecule has 1 atom stereocenters. The fourth-order valence-corrected chi connectivity index (χ4v) is 2.43. The number of esters is 1. The minimum atomic E-state index is -0.165. The summed E-state index contributed by atoms with van der Waals surface area (Å²) in [4.78, 5) is 11.0. The van der Waals surface area contributed by atoms with Crippen molar-refractivity contribution in [2.45, 2.75) is 83.7 Å². The predicted octanol–water partition coefficient (Wildman–Crippen LogP) is 4.78. The van der Waals surface area contributed by atoms with Gasteiger partial charge in [0.1, 0.15) is 6.10 Å². The van der Waals surface area contributed by atoms with Crippen LogP contribution in [0.1, 0.15) is 77.6 Å². The molecule has 0 saturated heterocycles. The number of carbonyl (C=O) groups excluding carboxylic acids is 1. The molecule has 0 bridgehead atoms. The number of carbonyl (C=O) groups is 1. The van der Waals surface area contributed by atoms with Crippen molar-refractivity contribution in [3.8, 4) is 0 Å². The number of cyclic esters (lactones) is 1. The summed E-state index contributed by atoms with van der Waals surface area (Å²) in [5.74, 6) is -0.165. The summed E-state index contributed by atoms with van der Waals surface area (Å²) in [6.07, 6.45) is 17.7. The first-order valence-corrected chi connectivity index (χ1v) is 7.70. The monoisotopic (exact) mass is 252 g/mol. The predicted molar refractivity (Wildman–Crippen MR) is 75.5 cm³/mol. The Balaban J connectivity index is 1.84. The Morgan fingerprint density at radius 2 is 1.67 bits per heavy atom. The Kier molecular flexibility index (Phi) is 8.62. The first kappa shape index (κ1) is 15.3. The maximum atomic E-state index is 11.0. The van der Waals surface area contributed by atoms with E-state index in [-0.39, 0.29) is 12.1 Å². The van der Waals surface area contributed by atoms with Crippen LogP contribution >= 0.6 is 0 Å². The second kappa shape index (κ2) is 10.2. The number of hydrogen-bond acceptors (Lipinski definition) is 2. The fraction of sp³-hybridized carbons (Fsp3) is 0.812. The SMILES string of the molecule is CCCCCCCCCCCC1CC=CC(=O)O1. The molecule has 0 fully saturated rings. The van der Waals surface area contributed by atoms with Crippen LogP contribution in [0, 0.1) is 0 Å². The van der Waals surface area contributed by atoms with E-state index in [0.29, 0.717) is 0 Å². The van der Waals surface area contributed by atoms with Crippen molar-refractivity contribution in [1.29, 1.82) is 0 Å². The third-order valence-corrected chi connectivity index (χ3v) is 3.57. The molecule has 1 unspecified atom stereocenters. The highest BCUT2D eigenvalue weighted by atomic mass is 16.5. The van der Waals surface area contributed by atoms with Gasteiger partial charge in [-0.2, -0.15) is 0 Å². The quantitative estimate of drug-likeness (QED) is 0.413. The normalized spacial score (nSPS) is 18.9. The van der Waals surface area contributed by atoms with Gasteiger partial charge in [0.15, 0.2) is 0 Å². The van der Waals surface area contributed by atoms with E-state index < -0.39 is 0 Å². The Morgan fingerprint density at radius 3 is 2.28 bits per heavy atom. The van der Waals surface area contributed by atoms with Crippen LogP contribution in [0.15, 0.2) is 12.2 Å². The number of ether oxygens (including phenoxy) is 1. The zero-order valence-corrected chi connectivity index (χ0v) is 11.8. The lowest BCUT2D eigenvalue weighted by atomic mass is 10.0. The lowest BCUT2D eigenvalue weighted by molar-refractivity contribution is -0.144. The van der Waals surface area contributed by atoms with Crippen LogP contribution in [0.25, 0.3) is 0 Å². The first-order chi connectivity index (χ1) is 8.83. The van der Waals surface area contributed by atoms with E-state index in [0.717, 1.165) is 12.8 Å². The number of rotatable bonds is 10. The molecule has 0 aromatic carbocycles. The maximum absolute atomic E-state index is 11.0. The summed E-state index contributed by atoms with van der Waals surface area (Å²) in [5, 5.41) is 0. The first-order valence-electron chi connectivity index (χ1n) is 7.70. The zero-order valence-electron chi connectivity index (χ0n) is 11.8. The minimum absolute atomic E-state index is 0.145. The van der Waals surface area contributed by atoms with E-state index in [4.69, 9.17) is 4.74 Å². The Bertz CT molecular complexity index is 245. The Hall–Kier alpha value is -0.790. The van der Waals surface area contributed by atoms with Crippen LogP contribution in [-0.4, -0.2) is 12.1 Å². The van der Waals surface area contributed by atoms with Crippen LogP contribution in [0.2, 0.25) is 0 Å². The summed E-state index contributed by atoms with van der Waals surface area (Å²) >= 11 is 0. The molecule has 2 nitrogen and oxygen atoms in total. The third kappa shape index (κ3) is 7.52. The molecular formula is C16H28O2. The average molecular weight is 252 g/mol. The zero-order chi connectivity index (χ0) is 13.1. The number of unbranched alkanes of at least 4 members (excludes halogenated alkanes) is 8. The van der Waals surface area contributed by atoms with Crippen molar-refractivity contribution < 1.29 is 9.53 Å². The van der Waals surface area contributed by atoms with E-state index in [1.54, 1.807) is 0 Å². The molecule has 0 radical (unpaired) electrons. The molecule has 0 aliphatic carbocycles. The van der Waals surface area contributed by atoms with Crippen molar-refractivity contribution in [2.24, 2.45) is 0 Å². The molecule has 18 heavy (non-hydrogen) atoms. The van der Waals surface area contributed by atoms with Crippen LogP contribution in [0.4, 0.5) is 0 Å². The Labute approximate surface area is 112 Å². The van der Waals surface area contributed by atoms with E-state index in [2.05, 4.69) is 6.92 Å². The third-order valence-electron chi connectivity index (χ3n) is 3.57. The van der Waals surface area contributed by atoms with Gasteiger partial charge in [-0.05, 0) is 12.8 Å². The van der Waals surface area contributed by atoms with Gasteiger partial charge in [0.2, 0.25) is 0 Å². The second-order valence-corrected chi connectivity index (χ2v) is 5.31. The van der Waals surface area contributed by atoms with Crippen LogP contribution < -0.4 is 0 Å². The van der Waals surface area contributed by atoms with Gasteiger partial charge >= 0.3 is 5.97 Å². The topological polar surface area (TPSA) is 26.3 Å². The second-order valence-electron chi connectivity index (χ2n) is 5.31. The lowest BCUT2D eigenvalue weighted by Gasteiger charge is -2.18. The summed E-state index contributed by atoms with van der Waals surface area (Å²) in [6, 6.07) is 0. The molecule has 0 saturated carbocycles. The highest BCUT2D eigenvalue weighted by Gasteiger charge is 2.14. The van der Waals surface area contributed by atoms with Gasteiger partial charge in [-0.15, -0.1) is 0 Å². The molecule has 0 N–H and O–H groups in total. The standard InChI is InChI=1S/C16H28O2/c1-2-3-4-5-6-7-8-9-10-12-15-13-11-14-16(17)18-15/h11,14-15H,2-10,12-13H2,1H3. The van der Waals surface area contributed by atoms with E-state index in [1.165, 1.54) is 63.9 Å². The van der Waals surface area contributed by atoms with Gasteiger partial charge in [-0.3, -0.25) is 0 Å². The minimum Gasteiger partial charge on any atom is -0.459 e. The summed E-state index contributed by atoms with van der Waals surface area (Å²) < 4.78 is 5.23. The van der Waals surface area contributed by atoms with Gasteiger partial charge in [-0.25, -0.2) is 4.79 Å². The molecule has 104 valence electrons. The highest BCUT2D eigenvalue weighted by molar-refractivity contribution is 5.82. The Morgan fingerprint density at radius 1 is 1.06 bits per heavy atom. The summed E-state index contributed by atoms with van der Waals surface area (Å²) in [6.45, 7) is 2.26. The van der Waals surface area contributed by atoms with E-state index in [9.17, 15) is 4.79 Å². The molecular weight excluding hydrogens is 224 g/mol. The van der Waals surface area contributed by atoms with Crippen molar-refractivity contribution in [2.75, 3.05) is 0 Å². The van der Waals surface area contributed by atoms with E-state index >= 15 is 0 Å². The van der Waals surface area contributed by atoms with Crippen LogP contribution in [-0.2, 0) is 9.53 Å². The summed E-state index contributed by atoms with van der Waals surface area (Å²) in [7, 11) is 0. The number of hydrogen-bond donors (Lipinski definition) is 0. The largest absolute Gasteiger partial charge is 0.459 e. The van der Waals surface area contributed by atoms with Crippen LogP contribution in [0.5, 0.6) is 0 Å². The molecule has 0 amide bonds. The average Bonchev–Trinajstić information content (AvgIpc) is 2.37. The van der Waals surface area contributed by atoms with Crippen molar-refractivity contribution in [3.63, 3.8) is 0 Å². The van der Waals surface area contributed by atoms with Gasteiger partial charge < -0.3 is 4.74 Å². The summed E-state index contributed by atoms with van der Waals surface area (Å²) in [5.41, 5.74) is 0. The van der Waals surface area contributed by atoms with Crippen molar-refractivity contribution in [1.82, 2.24) is 0 Å². The fourth-order valence-electron chi connectivity index (χ4n) is 2.43. The maximum Gasteiger partial charge on any atom is 0.330 e. The smallest absolute Gasteiger partial charge is 0.330 e. The van der Waals surface area contributed by atoms with Crippen molar-refractivity contribution >= 4 is 5.97 Å². The molecule has 1 aliphatic heterocycles. The molecule has 1 heterocycles. The molecule has 1 aliphatic rings. The molecule has 0 spiro atoms. The molecule has 0 aromatic rings. The van der Waals surface area contributed by atoms with Gasteiger partial charge in [-0.1, -0.05) is 64.4 Å². The molecule has 0 aromatic heterocycles.